The number of non-ortho nitro benzene ring substituents is 1. The van der Waals surface area contributed by atoms with E-state index in [9.17, 15) is 19.7 Å². The maximum Gasteiger partial charge on any atom is 0.269 e. The van der Waals surface area contributed by atoms with Gasteiger partial charge in [-0.25, -0.2) is 0 Å². The second kappa shape index (κ2) is 10.0. The monoisotopic (exact) mass is 459 g/mol. The van der Waals surface area contributed by atoms with Gasteiger partial charge in [-0.3, -0.25) is 24.6 Å². The fraction of sp³-hybridized carbons (Fsp3) is 0.652. The highest BCUT2D eigenvalue weighted by Crippen LogP contribution is 2.38. The smallest absolute Gasteiger partial charge is 0.269 e. The van der Waals surface area contributed by atoms with Crippen molar-refractivity contribution in [1.29, 1.82) is 0 Å². The molecule has 0 radical (unpaired) electrons. The fourth-order valence-corrected chi connectivity index (χ4v) is 4.98. The number of anilines is 1. The molecule has 1 aromatic rings. The molecule has 10 heteroatoms. The second-order valence-electron chi connectivity index (χ2n) is 9.19. The third-order valence-electron chi connectivity index (χ3n) is 7.05. The number of rotatable bonds is 6. The highest BCUT2D eigenvalue weighted by molar-refractivity contribution is 5.83. The largest absolute Gasteiger partial charge is 0.378 e. The molecule has 0 saturated carbocycles. The van der Waals surface area contributed by atoms with Crippen molar-refractivity contribution < 1.29 is 19.2 Å². The number of fused-ring (bicyclic) bond motifs is 3. The van der Waals surface area contributed by atoms with Crippen molar-refractivity contribution >= 4 is 23.2 Å². The number of piperazine rings is 1. The van der Waals surface area contributed by atoms with Gasteiger partial charge in [0.05, 0.1) is 36.6 Å². The van der Waals surface area contributed by atoms with Crippen molar-refractivity contribution in [3.8, 4) is 0 Å². The fourth-order valence-electron chi connectivity index (χ4n) is 4.98. The van der Waals surface area contributed by atoms with Crippen molar-refractivity contribution in [1.82, 2.24) is 15.1 Å². The quantitative estimate of drug-likeness (QED) is 0.500. The van der Waals surface area contributed by atoms with E-state index < -0.39 is 4.92 Å². The van der Waals surface area contributed by atoms with Crippen LogP contribution in [0.5, 0.6) is 0 Å². The lowest BCUT2D eigenvalue weighted by molar-refractivity contribution is -0.384. The highest BCUT2D eigenvalue weighted by atomic mass is 16.6. The zero-order valence-electron chi connectivity index (χ0n) is 19.4. The Morgan fingerprint density at radius 1 is 1.24 bits per heavy atom. The molecule has 3 heterocycles. The third kappa shape index (κ3) is 5.11. The summed E-state index contributed by atoms with van der Waals surface area (Å²) in [6, 6.07) is 4.90. The Kier molecular flexibility index (Phi) is 7.14. The van der Waals surface area contributed by atoms with Crippen molar-refractivity contribution in [3.05, 3.63) is 33.9 Å². The van der Waals surface area contributed by atoms with E-state index in [1.165, 1.54) is 6.07 Å². The molecule has 4 rings (SSSR count). The zero-order chi connectivity index (χ0) is 23.5. The van der Waals surface area contributed by atoms with Crippen LogP contribution in [0, 0.1) is 16.0 Å². The molecular weight excluding hydrogens is 426 g/mol. The Bertz CT molecular complexity index is 903. The third-order valence-corrected chi connectivity index (χ3v) is 7.05. The summed E-state index contributed by atoms with van der Waals surface area (Å²) in [6.45, 7) is 8.68. The maximum atomic E-state index is 13.2. The van der Waals surface area contributed by atoms with Crippen LogP contribution in [0.3, 0.4) is 0 Å². The lowest BCUT2D eigenvalue weighted by atomic mass is 9.83. The first-order valence-corrected chi connectivity index (χ1v) is 11.8. The number of morpholine rings is 1. The number of nitro groups is 1. The van der Waals surface area contributed by atoms with Crippen LogP contribution in [0.25, 0.3) is 0 Å². The van der Waals surface area contributed by atoms with Crippen LogP contribution in [0.4, 0.5) is 11.4 Å². The summed E-state index contributed by atoms with van der Waals surface area (Å²) in [5.74, 6) is -0.271. The van der Waals surface area contributed by atoms with Gasteiger partial charge >= 0.3 is 0 Å². The number of nitro benzene ring substituents is 1. The van der Waals surface area contributed by atoms with E-state index in [-0.39, 0.29) is 35.5 Å². The molecular formula is C23H33N5O5. The molecule has 1 N–H and O–H groups in total. The van der Waals surface area contributed by atoms with Crippen molar-refractivity contribution in [3.63, 3.8) is 0 Å². The summed E-state index contributed by atoms with van der Waals surface area (Å²) in [7, 11) is 0. The van der Waals surface area contributed by atoms with Gasteiger partial charge in [-0.2, -0.15) is 0 Å². The molecule has 0 aliphatic carbocycles. The molecule has 0 spiro atoms. The van der Waals surface area contributed by atoms with Gasteiger partial charge < -0.3 is 19.9 Å². The Hall–Kier alpha value is -2.72. The minimum atomic E-state index is -0.393. The van der Waals surface area contributed by atoms with Gasteiger partial charge in [0.25, 0.3) is 5.69 Å². The predicted molar refractivity (Wildman–Crippen MR) is 123 cm³/mol. The Morgan fingerprint density at radius 2 is 2.00 bits per heavy atom. The predicted octanol–water partition coefficient (Wildman–Crippen LogP) is 1.03. The number of ether oxygens (including phenoxy) is 1. The van der Waals surface area contributed by atoms with Crippen LogP contribution in [0.2, 0.25) is 0 Å². The number of amides is 2. The number of carbonyl (C=O) groups excluding carboxylic acids is 2. The van der Waals surface area contributed by atoms with Crippen LogP contribution >= 0.6 is 0 Å². The van der Waals surface area contributed by atoms with Gasteiger partial charge in [-0.1, -0.05) is 6.92 Å². The Morgan fingerprint density at radius 3 is 2.70 bits per heavy atom. The molecule has 180 valence electrons. The van der Waals surface area contributed by atoms with Crippen LogP contribution in [-0.4, -0.2) is 91.1 Å². The first kappa shape index (κ1) is 23.4. The van der Waals surface area contributed by atoms with Crippen molar-refractivity contribution in [2.45, 2.75) is 38.8 Å². The SMILES string of the molecule is CCC(C)NC(=O)C1Cc2cc([N+](=O)[O-])ccc2N2CCN(CC(=O)N3CCOCC3)CC12. The molecule has 10 nitrogen and oxygen atoms in total. The van der Waals surface area contributed by atoms with E-state index in [4.69, 9.17) is 4.74 Å². The number of nitrogens with zero attached hydrogens (tertiary/aromatic N) is 4. The Balaban J connectivity index is 1.55. The topological polar surface area (TPSA) is 108 Å². The molecule has 2 saturated heterocycles. The average molecular weight is 460 g/mol. The first-order chi connectivity index (χ1) is 15.9. The van der Waals surface area contributed by atoms with E-state index in [1.807, 2.05) is 18.7 Å². The number of nitrogens with one attached hydrogen (secondary N) is 1. The molecule has 2 fully saturated rings. The molecule has 0 bridgehead atoms. The molecule has 2 amide bonds. The Labute approximate surface area is 194 Å². The lowest BCUT2D eigenvalue weighted by Crippen LogP contribution is -2.62. The van der Waals surface area contributed by atoms with Gasteiger partial charge in [0.1, 0.15) is 0 Å². The summed E-state index contributed by atoms with van der Waals surface area (Å²) in [5, 5.41) is 14.4. The van der Waals surface area contributed by atoms with Crippen LogP contribution in [0.1, 0.15) is 25.8 Å². The average Bonchev–Trinajstić information content (AvgIpc) is 2.83. The van der Waals surface area contributed by atoms with E-state index >= 15 is 0 Å². The first-order valence-electron chi connectivity index (χ1n) is 11.8. The van der Waals surface area contributed by atoms with E-state index in [2.05, 4.69) is 15.1 Å². The number of hydrogen-bond acceptors (Lipinski definition) is 7. The van der Waals surface area contributed by atoms with Crippen LogP contribution in [0.15, 0.2) is 18.2 Å². The molecule has 33 heavy (non-hydrogen) atoms. The summed E-state index contributed by atoms with van der Waals surface area (Å²) in [4.78, 5) is 43.2. The normalized spacial score (nSPS) is 23.9. The molecule has 3 aliphatic rings. The second-order valence-corrected chi connectivity index (χ2v) is 9.19. The van der Waals surface area contributed by atoms with Crippen molar-refractivity contribution in [2.24, 2.45) is 5.92 Å². The summed E-state index contributed by atoms with van der Waals surface area (Å²) in [6.07, 6.45) is 1.28. The summed E-state index contributed by atoms with van der Waals surface area (Å²) in [5.41, 5.74) is 1.84. The minimum absolute atomic E-state index is 0.0298. The molecule has 1 aromatic carbocycles. The number of hydrogen-bond donors (Lipinski definition) is 1. The van der Waals surface area contributed by atoms with E-state index in [1.54, 1.807) is 12.1 Å². The summed E-state index contributed by atoms with van der Waals surface area (Å²) >= 11 is 0. The molecule has 3 unspecified atom stereocenters. The zero-order valence-corrected chi connectivity index (χ0v) is 19.4. The highest BCUT2D eigenvalue weighted by Gasteiger charge is 2.42. The van der Waals surface area contributed by atoms with E-state index in [0.29, 0.717) is 58.9 Å². The van der Waals surface area contributed by atoms with Crippen LogP contribution < -0.4 is 10.2 Å². The van der Waals surface area contributed by atoms with Crippen molar-refractivity contribution in [2.75, 3.05) is 57.4 Å². The van der Waals surface area contributed by atoms with E-state index in [0.717, 1.165) is 17.7 Å². The minimum Gasteiger partial charge on any atom is -0.378 e. The molecule has 3 atom stereocenters. The van der Waals surface area contributed by atoms with Gasteiger partial charge in [0.2, 0.25) is 11.8 Å². The number of carbonyl (C=O) groups is 2. The molecule has 3 aliphatic heterocycles. The maximum absolute atomic E-state index is 13.2. The van der Waals surface area contributed by atoms with Gasteiger partial charge in [-0.05, 0) is 31.4 Å². The van der Waals surface area contributed by atoms with Gasteiger partial charge in [-0.15, -0.1) is 0 Å². The van der Waals surface area contributed by atoms with Crippen LogP contribution in [-0.2, 0) is 20.7 Å². The standard InChI is InChI=1S/C23H33N5O5/c1-3-16(2)24-23(30)19-13-17-12-18(28(31)32)4-5-20(17)27-7-6-25(14-21(19)27)15-22(29)26-8-10-33-11-9-26/h4-5,12,16,19,21H,3,6-11,13-15H2,1-2H3,(H,24,30). The van der Waals surface area contributed by atoms with Gasteiger partial charge in [0, 0.05) is 56.6 Å². The lowest BCUT2D eigenvalue weighted by Gasteiger charge is -2.49. The van der Waals surface area contributed by atoms with Gasteiger partial charge in [0.15, 0.2) is 0 Å². The number of benzene rings is 1. The molecule has 0 aromatic heterocycles. The summed E-state index contributed by atoms with van der Waals surface area (Å²) < 4.78 is 5.35.